The Morgan fingerprint density at radius 3 is 1.60 bits per heavy atom. The standard InChI is InChI=1S/C44H28N2O/c1-3-10-32(11-4-1)39-28-40(46-44(45-39)34-12-5-2-6-13-34)33-24-20-30(21-25-33)29-18-22-31(23-19-29)35-26-27-42-43-37(35)15-9-16-38(43)36-14-7-8-17-41(36)47-42/h1-28H. The van der Waals surface area contributed by atoms with Gasteiger partial charge in [0.25, 0.3) is 0 Å². The van der Waals surface area contributed by atoms with E-state index in [1.807, 2.05) is 48.5 Å². The summed E-state index contributed by atoms with van der Waals surface area (Å²) in [5.41, 5.74) is 12.0. The maximum atomic E-state index is 6.31. The lowest BCUT2D eigenvalue weighted by molar-refractivity contribution is 0.487. The fourth-order valence-electron chi connectivity index (χ4n) is 6.58. The van der Waals surface area contributed by atoms with Crippen LogP contribution in [0.15, 0.2) is 170 Å². The molecule has 0 atom stereocenters. The number of aromatic nitrogens is 2. The van der Waals surface area contributed by atoms with Crippen molar-refractivity contribution in [2.45, 2.75) is 0 Å². The Hall–Kier alpha value is -6.32. The molecule has 0 spiro atoms. The third-order valence-electron chi connectivity index (χ3n) is 8.94. The van der Waals surface area contributed by atoms with E-state index in [1.165, 1.54) is 27.5 Å². The molecule has 1 aromatic heterocycles. The van der Waals surface area contributed by atoms with Crippen LogP contribution in [0, 0.1) is 0 Å². The Balaban J connectivity index is 1.04. The van der Waals surface area contributed by atoms with E-state index < -0.39 is 0 Å². The molecular formula is C44H28N2O. The average Bonchev–Trinajstić information content (AvgIpc) is 3.16. The van der Waals surface area contributed by atoms with Crippen molar-refractivity contribution in [1.29, 1.82) is 0 Å². The fraction of sp³-hybridized carbons (Fsp3) is 0. The highest BCUT2D eigenvalue weighted by Crippen LogP contribution is 2.48. The molecule has 0 radical (unpaired) electrons. The van der Waals surface area contributed by atoms with Crippen molar-refractivity contribution >= 4 is 10.8 Å². The van der Waals surface area contributed by atoms with Crippen molar-refractivity contribution < 1.29 is 4.74 Å². The summed E-state index contributed by atoms with van der Waals surface area (Å²) in [4.78, 5) is 9.91. The van der Waals surface area contributed by atoms with Crippen molar-refractivity contribution in [3.8, 4) is 78.8 Å². The normalized spacial score (nSPS) is 11.6. The van der Waals surface area contributed by atoms with Gasteiger partial charge in [0.15, 0.2) is 5.82 Å². The molecule has 0 aliphatic carbocycles. The fourth-order valence-corrected chi connectivity index (χ4v) is 6.58. The van der Waals surface area contributed by atoms with Gasteiger partial charge in [-0.05, 0) is 51.4 Å². The maximum Gasteiger partial charge on any atom is 0.160 e. The van der Waals surface area contributed by atoms with E-state index in [-0.39, 0.29) is 0 Å². The van der Waals surface area contributed by atoms with Crippen LogP contribution in [0.1, 0.15) is 0 Å². The highest BCUT2D eigenvalue weighted by atomic mass is 16.5. The maximum absolute atomic E-state index is 6.31. The van der Waals surface area contributed by atoms with Crippen LogP contribution >= 0.6 is 0 Å². The topological polar surface area (TPSA) is 35.0 Å². The first-order chi connectivity index (χ1) is 23.3. The van der Waals surface area contributed by atoms with Gasteiger partial charge in [0.2, 0.25) is 0 Å². The van der Waals surface area contributed by atoms with Crippen molar-refractivity contribution in [3.05, 3.63) is 170 Å². The summed E-state index contributed by atoms with van der Waals surface area (Å²) in [6, 6.07) is 59.1. The zero-order valence-corrected chi connectivity index (χ0v) is 25.5. The van der Waals surface area contributed by atoms with E-state index in [0.29, 0.717) is 0 Å². The van der Waals surface area contributed by atoms with Gasteiger partial charge >= 0.3 is 0 Å². The number of rotatable bonds is 5. The molecule has 0 fully saturated rings. The Morgan fingerprint density at radius 1 is 0.340 bits per heavy atom. The van der Waals surface area contributed by atoms with Crippen LogP contribution in [0.2, 0.25) is 0 Å². The molecule has 0 saturated carbocycles. The van der Waals surface area contributed by atoms with Crippen LogP contribution in [0.4, 0.5) is 0 Å². The van der Waals surface area contributed by atoms with Crippen molar-refractivity contribution in [1.82, 2.24) is 9.97 Å². The van der Waals surface area contributed by atoms with Gasteiger partial charge in [0.1, 0.15) is 11.5 Å². The summed E-state index contributed by atoms with van der Waals surface area (Å²) in [5.74, 6) is 2.53. The molecule has 0 amide bonds. The first-order valence-electron chi connectivity index (χ1n) is 15.8. The molecule has 1 aliphatic heterocycles. The summed E-state index contributed by atoms with van der Waals surface area (Å²) < 4.78 is 6.31. The van der Waals surface area contributed by atoms with E-state index in [0.717, 1.165) is 62.1 Å². The Morgan fingerprint density at radius 2 is 0.894 bits per heavy atom. The zero-order valence-electron chi connectivity index (χ0n) is 25.5. The van der Waals surface area contributed by atoms with Crippen LogP contribution in [0.25, 0.3) is 78.1 Å². The molecule has 47 heavy (non-hydrogen) atoms. The number of benzene rings is 7. The predicted octanol–water partition coefficient (Wildman–Crippen LogP) is 11.7. The molecule has 0 N–H and O–H groups in total. The van der Waals surface area contributed by atoms with Crippen LogP contribution in [0.3, 0.4) is 0 Å². The van der Waals surface area contributed by atoms with Gasteiger partial charge in [0.05, 0.1) is 11.4 Å². The molecule has 8 aromatic rings. The number of para-hydroxylation sites is 1. The minimum absolute atomic E-state index is 0.719. The number of ether oxygens (including phenoxy) is 1. The molecule has 1 aliphatic rings. The second-order valence-corrected chi connectivity index (χ2v) is 11.8. The third-order valence-corrected chi connectivity index (χ3v) is 8.94. The molecule has 0 saturated heterocycles. The Kier molecular flexibility index (Phi) is 6.46. The second-order valence-electron chi connectivity index (χ2n) is 11.8. The molecule has 7 aromatic carbocycles. The van der Waals surface area contributed by atoms with Gasteiger partial charge in [-0.1, -0.05) is 152 Å². The summed E-state index contributed by atoms with van der Waals surface area (Å²) in [6.45, 7) is 0. The number of nitrogens with zero attached hydrogens (tertiary/aromatic N) is 2. The van der Waals surface area contributed by atoms with E-state index in [1.54, 1.807) is 0 Å². The van der Waals surface area contributed by atoms with Gasteiger partial charge < -0.3 is 4.74 Å². The summed E-state index contributed by atoms with van der Waals surface area (Å²) in [5, 5.41) is 2.36. The quantitative estimate of drug-likeness (QED) is 0.197. The molecule has 2 heterocycles. The molecule has 220 valence electrons. The lowest BCUT2D eigenvalue weighted by atomic mass is 9.90. The van der Waals surface area contributed by atoms with E-state index in [2.05, 4.69) is 121 Å². The number of hydrogen-bond donors (Lipinski definition) is 0. The predicted molar refractivity (Wildman–Crippen MR) is 192 cm³/mol. The minimum Gasteiger partial charge on any atom is -0.456 e. The van der Waals surface area contributed by atoms with E-state index >= 15 is 0 Å². The average molecular weight is 601 g/mol. The van der Waals surface area contributed by atoms with Gasteiger partial charge in [-0.3, -0.25) is 0 Å². The summed E-state index contributed by atoms with van der Waals surface area (Å²) >= 11 is 0. The summed E-state index contributed by atoms with van der Waals surface area (Å²) in [6.07, 6.45) is 0. The lowest BCUT2D eigenvalue weighted by Crippen LogP contribution is -1.97. The molecule has 3 nitrogen and oxygen atoms in total. The SMILES string of the molecule is c1ccc(-c2cc(-c3ccc(-c4ccc(-c5ccc6c7c(cccc57)-c5ccccc5O6)cc4)cc3)nc(-c3ccccc3)n2)cc1. The molecule has 3 heteroatoms. The smallest absolute Gasteiger partial charge is 0.160 e. The van der Waals surface area contributed by atoms with E-state index in [9.17, 15) is 0 Å². The molecular weight excluding hydrogens is 572 g/mol. The van der Waals surface area contributed by atoms with Crippen LogP contribution in [-0.4, -0.2) is 9.97 Å². The van der Waals surface area contributed by atoms with Crippen molar-refractivity contribution in [2.75, 3.05) is 0 Å². The zero-order chi connectivity index (χ0) is 31.2. The first kappa shape index (κ1) is 27.0. The van der Waals surface area contributed by atoms with Crippen LogP contribution < -0.4 is 4.74 Å². The largest absolute Gasteiger partial charge is 0.456 e. The highest BCUT2D eigenvalue weighted by Gasteiger charge is 2.21. The Bertz CT molecular complexity index is 2340. The van der Waals surface area contributed by atoms with Gasteiger partial charge in [-0.2, -0.15) is 0 Å². The van der Waals surface area contributed by atoms with Crippen molar-refractivity contribution in [2.24, 2.45) is 0 Å². The van der Waals surface area contributed by atoms with E-state index in [4.69, 9.17) is 14.7 Å². The first-order valence-corrected chi connectivity index (χ1v) is 15.8. The minimum atomic E-state index is 0.719. The third kappa shape index (κ3) is 4.86. The monoisotopic (exact) mass is 600 g/mol. The van der Waals surface area contributed by atoms with Gasteiger partial charge in [-0.25, -0.2) is 9.97 Å². The second kappa shape index (κ2) is 11.2. The summed E-state index contributed by atoms with van der Waals surface area (Å²) in [7, 11) is 0. The molecule has 0 unspecified atom stereocenters. The lowest BCUT2D eigenvalue weighted by Gasteiger charge is -2.22. The number of hydrogen-bond acceptors (Lipinski definition) is 3. The van der Waals surface area contributed by atoms with Crippen LogP contribution in [-0.2, 0) is 0 Å². The van der Waals surface area contributed by atoms with Crippen LogP contribution in [0.5, 0.6) is 11.5 Å². The number of fused-ring (bicyclic) bond motifs is 2. The Labute approximate surface area is 273 Å². The molecule has 9 rings (SSSR count). The highest BCUT2D eigenvalue weighted by molar-refractivity contribution is 6.09. The van der Waals surface area contributed by atoms with Gasteiger partial charge in [0, 0.05) is 27.6 Å². The van der Waals surface area contributed by atoms with Crippen molar-refractivity contribution in [3.63, 3.8) is 0 Å². The van der Waals surface area contributed by atoms with Gasteiger partial charge in [-0.15, -0.1) is 0 Å². The molecule has 0 bridgehead atoms.